The smallest absolute Gasteiger partial charge is 0.183 e. The first kappa shape index (κ1) is 19.9. The molecule has 2 heterocycles. The zero-order valence-corrected chi connectivity index (χ0v) is 16.9. The van der Waals surface area contributed by atoms with Crippen LogP contribution in [0.25, 0.3) is 0 Å². The van der Waals surface area contributed by atoms with Crippen molar-refractivity contribution in [1.82, 2.24) is 15.1 Å². The van der Waals surface area contributed by atoms with Gasteiger partial charge in [-0.15, -0.1) is 4.91 Å². The standard InChI is InChI=1S/C18H20Cl2FN5O/c1-9(18(2,3)4)23-17-14(11-6-5-10(21)7-12(11)19)15(20)24-16-13(25-27)8-22-26(16)17/h5-9,14,17,23H,1-4H3. The summed E-state index contributed by atoms with van der Waals surface area (Å²) < 4.78 is 15.1. The van der Waals surface area contributed by atoms with E-state index in [4.69, 9.17) is 23.2 Å². The highest BCUT2D eigenvalue weighted by Gasteiger charge is 2.39. The summed E-state index contributed by atoms with van der Waals surface area (Å²) in [4.78, 5) is 15.4. The molecule has 1 aromatic carbocycles. The third-order valence-corrected chi connectivity index (χ3v) is 5.56. The van der Waals surface area contributed by atoms with Crippen molar-refractivity contribution < 1.29 is 4.39 Å². The molecule has 0 saturated heterocycles. The molecule has 0 bridgehead atoms. The maximum absolute atomic E-state index is 13.5. The number of benzene rings is 1. The molecule has 2 aromatic rings. The van der Waals surface area contributed by atoms with E-state index >= 15 is 0 Å². The third-order valence-electron chi connectivity index (χ3n) is 4.91. The van der Waals surface area contributed by atoms with Gasteiger partial charge in [0.25, 0.3) is 0 Å². The first-order valence-electron chi connectivity index (χ1n) is 8.49. The number of nitrogens with one attached hydrogen (secondary N) is 1. The van der Waals surface area contributed by atoms with E-state index < -0.39 is 17.9 Å². The lowest BCUT2D eigenvalue weighted by molar-refractivity contribution is 0.218. The highest BCUT2D eigenvalue weighted by molar-refractivity contribution is 6.67. The second-order valence-corrected chi connectivity index (χ2v) is 8.46. The van der Waals surface area contributed by atoms with Crippen molar-refractivity contribution in [2.24, 2.45) is 15.6 Å². The Labute approximate surface area is 166 Å². The summed E-state index contributed by atoms with van der Waals surface area (Å²) in [6, 6.07) is 4.20. The van der Waals surface area contributed by atoms with E-state index in [0.29, 0.717) is 5.56 Å². The monoisotopic (exact) mass is 411 g/mol. The molecule has 0 radical (unpaired) electrons. The maximum atomic E-state index is 13.5. The van der Waals surface area contributed by atoms with Crippen LogP contribution in [-0.4, -0.2) is 21.0 Å². The Morgan fingerprint density at radius 3 is 2.63 bits per heavy atom. The fourth-order valence-electron chi connectivity index (χ4n) is 2.89. The van der Waals surface area contributed by atoms with Gasteiger partial charge in [-0.3, -0.25) is 5.32 Å². The summed E-state index contributed by atoms with van der Waals surface area (Å²) in [5, 5.41) is 11.2. The second-order valence-electron chi connectivity index (χ2n) is 7.67. The molecule has 0 fully saturated rings. The number of hydrogen-bond acceptors (Lipinski definition) is 5. The average Bonchev–Trinajstić information content (AvgIpc) is 2.97. The number of rotatable bonds is 4. The van der Waals surface area contributed by atoms with Crippen molar-refractivity contribution in [3.05, 3.63) is 45.7 Å². The molecule has 9 heteroatoms. The number of hydrogen-bond donors (Lipinski definition) is 1. The van der Waals surface area contributed by atoms with Gasteiger partial charge < -0.3 is 0 Å². The van der Waals surface area contributed by atoms with Crippen molar-refractivity contribution in [3.63, 3.8) is 0 Å². The molecular formula is C18H20Cl2FN5O. The Morgan fingerprint density at radius 1 is 1.33 bits per heavy atom. The highest BCUT2D eigenvalue weighted by Crippen LogP contribution is 2.44. The van der Waals surface area contributed by atoms with E-state index in [9.17, 15) is 9.30 Å². The predicted molar refractivity (Wildman–Crippen MR) is 106 cm³/mol. The molecule has 144 valence electrons. The molecule has 3 unspecified atom stereocenters. The minimum absolute atomic E-state index is 0.0523. The summed E-state index contributed by atoms with van der Waals surface area (Å²) in [5.74, 6) is -0.660. The second kappa shape index (κ2) is 7.30. The van der Waals surface area contributed by atoms with E-state index in [0.717, 1.165) is 0 Å². The van der Waals surface area contributed by atoms with Gasteiger partial charge in [-0.05, 0) is 35.2 Å². The van der Waals surface area contributed by atoms with E-state index in [2.05, 4.69) is 41.4 Å². The molecule has 0 aliphatic carbocycles. The van der Waals surface area contributed by atoms with Gasteiger partial charge in [-0.25, -0.2) is 14.1 Å². The Bertz CT molecular complexity index is 906. The SMILES string of the molecule is CC(NC1C(c2ccc(F)cc2Cl)C(Cl)=Nc2c(N=O)cnn21)C(C)(C)C. The zero-order chi connectivity index (χ0) is 19.9. The minimum atomic E-state index is -0.503. The van der Waals surface area contributed by atoms with Gasteiger partial charge in [0.2, 0.25) is 0 Å². The van der Waals surface area contributed by atoms with E-state index in [1.165, 1.54) is 18.3 Å². The van der Waals surface area contributed by atoms with Crippen molar-refractivity contribution in [2.75, 3.05) is 0 Å². The summed E-state index contributed by atoms with van der Waals surface area (Å²) >= 11 is 12.8. The maximum Gasteiger partial charge on any atom is 0.183 e. The number of halogens is 3. The van der Waals surface area contributed by atoms with Crippen LogP contribution in [0.4, 0.5) is 15.9 Å². The fourth-order valence-corrected chi connectivity index (χ4v) is 3.49. The number of nitrogens with zero attached hydrogens (tertiary/aromatic N) is 4. The Balaban J connectivity index is 2.13. The lowest BCUT2D eigenvalue weighted by atomic mass is 9.86. The van der Waals surface area contributed by atoms with Gasteiger partial charge in [0.15, 0.2) is 11.5 Å². The van der Waals surface area contributed by atoms with Gasteiger partial charge in [0.1, 0.15) is 17.2 Å². The topological polar surface area (TPSA) is 71.6 Å². The minimum Gasteiger partial charge on any atom is -0.292 e. The van der Waals surface area contributed by atoms with Crippen LogP contribution in [0.2, 0.25) is 5.02 Å². The average molecular weight is 412 g/mol. The lowest BCUT2D eigenvalue weighted by Crippen LogP contribution is -2.46. The Morgan fingerprint density at radius 2 is 2.04 bits per heavy atom. The van der Waals surface area contributed by atoms with Crippen LogP contribution in [-0.2, 0) is 0 Å². The normalized spacial score (nSPS) is 20.8. The zero-order valence-electron chi connectivity index (χ0n) is 15.4. The molecule has 1 N–H and O–H groups in total. The summed E-state index contributed by atoms with van der Waals surface area (Å²) in [7, 11) is 0. The number of nitroso groups, excluding NO2 is 1. The molecular weight excluding hydrogens is 392 g/mol. The number of aromatic nitrogens is 2. The molecule has 3 atom stereocenters. The molecule has 6 nitrogen and oxygen atoms in total. The molecule has 0 saturated carbocycles. The summed E-state index contributed by atoms with van der Waals surface area (Å²) in [6.45, 7) is 8.35. The Hall–Kier alpha value is -1.83. The van der Waals surface area contributed by atoms with Crippen molar-refractivity contribution >= 4 is 39.9 Å². The van der Waals surface area contributed by atoms with Crippen LogP contribution in [0.1, 0.15) is 45.3 Å². The van der Waals surface area contributed by atoms with Crippen LogP contribution >= 0.6 is 23.2 Å². The first-order chi connectivity index (χ1) is 12.6. The largest absolute Gasteiger partial charge is 0.292 e. The molecule has 27 heavy (non-hydrogen) atoms. The third kappa shape index (κ3) is 3.77. The van der Waals surface area contributed by atoms with Crippen molar-refractivity contribution in [2.45, 2.75) is 45.8 Å². The van der Waals surface area contributed by atoms with Gasteiger partial charge in [0, 0.05) is 11.1 Å². The first-order valence-corrected chi connectivity index (χ1v) is 9.25. The lowest BCUT2D eigenvalue weighted by Gasteiger charge is -2.37. The van der Waals surface area contributed by atoms with Crippen LogP contribution in [0, 0.1) is 16.1 Å². The van der Waals surface area contributed by atoms with Crippen LogP contribution < -0.4 is 5.32 Å². The molecule has 1 aliphatic heterocycles. The molecule has 0 amide bonds. The predicted octanol–water partition coefficient (Wildman–Crippen LogP) is 5.66. The Kier molecular flexibility index (Phi) is 5.38. The van der Waals surface area contributed by atoms with Crippen LogP contribution in [0.15, 0.2) is 34.6 Å². The van der Waals surface area contributed by atoms with Gasteiger partial charge in [-0.2, -0.15) is 5.10 Å². The molecule has 0 spiro atoms. The summed E-state index contributed by atoms with van der Waals surface area (Å²) in [5.41, 5.74) is 0.663. The number of aliphatic imine (C=N–C) groups is 1. The quantitative estimate of drug-likeness (QED) is 0.659. The number of fused-ring (bicyclic) bond motifs is 1. The highest BCUT2D eigenvalue weighted by atomic mass is 35.5. The van der Waals surface area contributed by atoms with E-state index in [1.54, 1.807) is 10.7 Å². The van der Waals surface area contributed by atoms with Crippen LogP contribution in [0.5, 0.6) is 0 Å². The summed E-state index contributed by atoms with van der Waals surface area (Å²) in [6.07, 6.45) is 0.874. The van der Waals surface area contributed by atoms with E-state index in [1.807, 2.05) is 6.92 Å². The van der Waals surface area contributed by atoms with Crippen LogP contribution in [0.3, 0.4) is 0 Å². The van der Waals surface area contributed by atoms with Crippen molar-refractivity contribution in [3.8, 4) is 0 Å². The fraction of sp³-hybridized carbons (Fsp3) is 0.444. The van der Waals surface area contributed by atoms with Gasteiger partial charge >= 0.3 is 0 Å². The van der Waals surface area contributed by atoms with Gasteiger partial charge in [0.05, 0.1) is 12.1 Å². The molecule has 1 aromatic heterocycles. The van der Waals surface area contributed by atoms with E-state index in [-0.39, 0.29) is 33.2 Å². The molecule has 3 rings (SSSR count). The molecule has 1 aliphatic rings. The van der Waals surface area contributed by atoms with Crippen molar-refractivity contribution in [1.29, 1.82) is 0 Å². The van der Waals surface area contributed by atoms with Gasteiger partial charge in [-0.1, -0.05) is 50.0 Å².